The van der Waals surface area contributed by atoms with Crippen LogP contribution in [0.15, 0.2) is 28.7 Å². The van der Waals surface area contributed by atoms with Crippen molar-refractivity contribution < 1.29 is 4.74 Å². The van der Waals surface area contributed by atoms with Gasteiger partial charge in [0.25, 0.3) is 0 Å². The lowest BCUT2D eigenvalue weighted by Crippen LogP contribution is -2.50. The first-order valence-corrected chi connectivity index (χ1v) is 8.82. The molecule has 3 heteroatoms. The van der Waals surface area contributed by atoms with E-state index in [1.807, 2.05) is 6.07 Å². The van der Waals surface area contributed by atoms with Crippen LogP contribution in [0.4, 0.5) is 0 Å². The van der Waals surface area contributed by atoms with Gasteiger partial charge in [0.15, 0.2) is 0 Å². The first-order chi connectivity index (χ1) is 9.90. The zero-order valence-electron chi connectivity index (χ0n) is 13.5. The summed E-state index contributed by atoms with van der Waals surface area (Å²) in [7, 11) is 0. The lowest BCUT2D eigenvalue weighted by molar-refractivity contribution is -0.0814. The summed E-state index contributed by atoms with van der Waals surface area (Å²) in [6, 6.07) is 8.34. The lowest BCUT2D eigenvalue weighted by Gasteiger charge is -2.39. The van der Waals surface area contributed by atoms with Crippen molar-refractivity contribution in [3.63, 3.8) is 0 Å². The number of rotatable bonds is 5. The smallest absolute Gasteiger partial charge is 0.0811 e. The Kier molecular flexibility index (Phi) is 5.87. The third-order valence-electron chi connectivity index (χ3n) is 4.20. The molecule has 0 aromatic heterocycles. The van der Waals surface area contributed by atoms with E-state index in [0.29, 0.717) is 6.61 Å². The summed E-state index contributed by atoms with van der Waals surface area (Å²) >= 11 is 3.61. The molecule has 0 radical (unpaired) electrons. The molecule has 0 spiro atoms. The monoisotopic (exact) mass is 353 g/mol. The van der Waals surface area contributed by atoms with E-state index in [2.05, 4.69) is 60.2 Å². The summed E-state index contributed by atoms with van der Waals surface area (Å²) in [5.74, 6) is 0. The van der Waals surface area contributed by atoms with Crippen LogP contribution in [0.5, 0.6) is 0 Å². The van der Waals surface area contributed by atoms with Gasteiger partial charge in [-0.2, -0.15) is 0 Å². The minimum atomic E-state index is 0.000805. The van der Waals surface area contributed by atoms with Gasteiger partial charge in [0.05, 0.1) is 12.2 Å². The van der Waals surface area contributed by atoms with Crippen LogP contribution in [0.25, 0.3) is 0 Å². The first-order valence-electron chi connectivity index (χ1n) is 8.03. The first kappa shape index (κ1) is 17.0. The molecule has 2 nitrogen and oxygen atoms in total. The van der Waals surface area contributed by atoms with Gasteiger partial charge in [0, 0.05) is 16.6 Å². The molecule has 0 heterocycles. The van der Waals surface area contributed by atoms with Crippen molar-refractivity contribution in [3.8, 4) is 0 Å². The van der Waals surface area contributed by atoms with Crippen molar-refractivity contribution in [2.24, 2.45) is 0 Å². The number of ether oxygens (including phenoxy) is 1. The van der Waals surface area contributed by atoms with E-state index in [1.54, 1.807) is 0 Å². The highest BCUT2D eigenvalue weighted by molar-refractivity contribution is 9.10. The second-order valence-electron chi connectivity index (χ2n) is 7.23. The molecule has 0 saturated heterocycles. The molecule has 0 aliphatic heterocycles. The molecule has 21 heavy (non-hydrogen) atoms. The van der Waals surface area contributed by atoms with E-state index in [4.69, 9.17) is 4.74 Å². The Morgan fingerprint density at radius 1 is 1.14 bits per heavy atom. The van der Waals surface area contributed by atoms with Crippen LogP contribution in [0.1, 0.15) is 58.4 Å². The van der Waals surface area contributed by atoms with Gasteiger partial charge in [-0.1, -0.05) is 53.4 Å². The maximum Gasteiger partial charge on any atom is 0.0811 e. The Balaban J connectivity index is 2.01. The van der Waals surface area contributed by atoms with E-state index in [1.165, 1.54) is 37.7 Å². The summed E-state index contributed by atoms with van der Waals surface area (Å²) in [4.78, 5) is 0. The average Bonchev–Trinajstić information content (AvgIpc) is 2.45. The zero-order chi connectivity index (χ0) is 15.3. The fraction of sp³-hybridized carbons (Fsp3) is 0.667. The lowest BCUT2D eigenvalue weighted by atomic mass is 9.84. The van der Waals surface area contributed by atoms with E-state index in [0.717, 1.165) is 11.0 Å². The van der Waals surface area contributed by atoms with Crippen LogP contribution in [-0.2, 0) is 11.3 Å². The molecule has 0 bridgehead atoms. The Morgan fingerprint density at radius 3 is 2.43 bits per heavy atom. The topological polar surface area (TPSA) is 21.3 Å². The Labute approximate surface area is 137 Å². The summed E-state index contributed by atoms with van der Waals surface area (Å²) in [6.45, 7) is 8.29. The normalized spacial score (nSPS) is 18.7. The molecule has 1 aliphatic carbocycles. The highest BCUT2D eigenvalue weighted by Crippen LogP contribution is 2.33. The predicted octanol–water partition coefficient (Wildman–Crippen LogP) is 5.06. The second-order valence-corrected chi connectivity index (χ2v) is 8.08. The number of halogens is 1. The summed E-state index contributed by atoms with van der Waals surface area (Å²) < 4.78 is 7.58. The van der Waals surface area contributed by atoms with Crippen LogP contribution in [0.2, 0.25) is 0 Å². The van der Waals surface area contributed by atoms with Crippen LogP contribution >= 0.6 is 15.9 Å². The largest absolute Gasteiger partial charge is 0.369 e. The van der Waals surface area contributed by atoms with Gasteiger partial charge in [0.1, 0.15) is 0 Å². The van der Waals surface area contributed by atoms with Crippen molar-refractivity contribution in [1.29, 1.82) is 0 Å². The number of hydrogen-bond donors (Lipinski definition) is 1. The predicted molar refractivity (Wildman–Crippen MR) is 92.5 cm³/mol. The minimum Gasteiger partial charge on any atom is -0.369 e. The fourth-order valence-corrected chi connectivity index (χ4v) is 3.24. The van der Waals surface area contributed by atoms with Crippen LogP contribution in [0.3, 0.4) is 0 Å². The second kappa shape index (κ2) is 7.26. The van der Waals surface area contributed by atoms with E-state index in [9.17, 15) is 0 Å². The molecule has 1 saturated carbocycles. The third kappa shape index (κ3) is 5.39. The molecule has 0 unspecified atom stereocenters. The molecule has 1 aliphatic rings. The number of nitrogens with one attached hydrogen (secondary N) is 1. The van der Waals surface area contributed by atoms with Gasteiger partial charge in [-0.3, -0.25) is 0 Å². The Morgan fingerprint density at radius 2 is 1.81 bits per heavy atom. The SMILES string of the molecule is CC(C)(C)NCC1(OCc2ccccc2Br)CCCCC1. The van der Waals surface area contributed by atoms with Gasteiger partial charge in [0.2, 0.25) is 0 Å². The number of hydrogen-bond acceptors (Lipinski definition) is 2. The molecule has 1 aromatic carbocycles. The molecule has 0 atom stereocenters. The number of benzene rings is 1. The van der Waals surface area contributed by atoms with Gasteiger partial charge in [-0.15, -0.1) is 0 Å². The van der Waals surface area contributed by atoms with E-state index < -0.39 is 0 Å². The molecule has 0 amide bonds. The molecular formula is C18H28BrNO. The minimum absolute atomic E-state index is 0.000805. The van der Waals surface area contributed by atoms with Crippen LogP contribution < -0.4 is 5.32 Å². The van der Waals surface area contributed by atoms with Crippen molar-refractivity contribution >= 4 is 15.9 Å². The van der Waals surface area contributed by atoms with Crippen molar-refractivity contribution in [2.45, 2.75) is 70.6 Å². The maximum atomic E-state index is 6.44. The molecule has 2 rings (SSSR count). The van der Waals surface area contributed by atoms with Gasteiger partial charge >= 0.3 is 0 Å². The van der Waals surface area contributed by atoms with Crippen molar-refractivity contribution in [2.75, 3.05) is 6.54 Å². The molecule has 1 fully saturated rings. The van der Waals surface area contributed by atoms with Crippen molar-refractivity contribution in [3.05, 3.63) is 34.3 Å². The van der Waals surface area contributed by atoms with Crippen molar-refractivity contribution in [1.82, 2.24) is 5.32 Å². The summed E-state index contributed by atoms with van der Waals surface area (Å²) in [5, 5.41) is 3.65. The Hall–Kier alpha value is -0.380. The van der Waals surface area contributed by atoms with Gasteiger partial charge in [-0.05, 0) is 45.2 Å². The summed E-state index contributed by atoms with van der Waals surface area (Å²) in [5.41, 5.74) is 1.38. The highest BCUT2D eigenvalue weighted by atomic mass is 79.9. The molecule has 118 valence electrons. The van der Waals surface area contributed by atoms with Gasteiger partial charge < -0.3 is 10.1 Å². The molecule has 1 N–H and O–H groups in total. The fourth-order valence-electron chi connectivity index (χ4n) is 2.84. The standard InChI is InChI=1S/C18H28BrNO/c1-17(2,3)20-14-18(11-7-4-8-12-18)21-13-15-9-5-6-10-16(15)19/h5-6,9-10,20H,4,7-8,11-14H2,1-3H3. The Bertz CT molecular complexity index is 447. The maximum absolute atomic E-state index is 6.44. The van der Waals surface area contributed by atoms with Crippen LogP contribution in [-0.4, -0.2) is 17.7 Å². The van der Waals surface area contributed by atoms with E-state index in [-0.39, 0.29) is 11.1 Å². The highest BCUT2D eigenvalue weighted by Gasteiger charge is 2.34. The quantitative estimate of drug-likeness (QED) is 0.798. The zero-order valence-corrected chi connectivity index (χ0v) is 15.1. The molecular weight excluding hydrogens is 326 g/mol. The van der Waals surface area contributed by atoms with Gasteiger partial charge in [-0.25, -0.2) is 0 Å². The van der Waals surface area contributed by atoms with Crippen LogP contribution in [0, 0.1) is 0 Å². The average molecular weight is 354 g/mol. The summed E-state index contributed by atoms with van der Waals surface area (Å²) in [6.07, 6.45) is 6.24. The molecule has 1 aromatic rings. The van der Waals surface area contributed by atoms with E-state index >= 15 is 0 Å². The third-order valence-corrected chi connectivity index (χ3v) is 4.97.